The largest absolute Gasteiger partial charge is 0.505 e. The van der Waals surface area contributed by atoms with Crippen LogP contribution in [0.4, 0.5) is 46.0 Å². The molecule has 27 nitrogen and oxygen atoms in total. The number of fused-ring (bicyclic) bond motifs is 3. The van der Waals surface area contributed by atoms with E-state index in [9.17, 15) is 62.8 Å². The molecule has 135 heavy (non-hydrogen) atoms. The summed E-state index contributed by atoms with van der Waals surface area (Å²) in [5.74, 6) is -6.49. The van der Waals surface area contributed by atoms with Gasteiger partial charge in [-0.15, -0.1) is 0 Å². The Labute approximate surface area is 816 Å². The van der Waals surface area contributed by atoms with Gasteiger partial charge in [0.15, 0.2) is 23.3 Å². The first-order valence-electron chi connectivity index (χ1n) is 41.9. The van der Waals surface area contributed by atoms with Gasteiger partial charge in [-0.05, 0) is 135 Å². The average Bonchev–Trinajstić information content (AvgIpc) is 0.728. The number of nitrogens with two attached hydrogens (primary N) is 2. The number of halogens is 13. The topological polar surface area (TPSA) is 358 Å². The molecule has 696 valence electrons. The van der Waals surface area contributed by atoms with Gasteiger partial charge >= 0.3 is 0 Å². The molecule has 3 amide bonds. The highest BCUT2D eigenvalue weighted by atomic mass is 35.5. The molecule has 0 radical (unpaired) electrons. The van der Waals surface area contributed by atoms with Crippen LogP contribution in [0.15, 0.2) is 107 Å². The highest BCUT2D eigenvalue weighted by Gasteiger charge is 2.38. The van der Waals surface area contributed by atoms with Crippen LogP contribution in [0.2, 0.25) is 45.2 Å². The summed E-state index contributed by atoms with van der Waals surface area (Å²) in [6, 6.07) is 16.1. The van der Waals surface area contributed by atoms with Gasteiger partial charge in [0, 0.05) is 124 Å². The molecule has 3 fully saturated rings. The molecule has 0 unspecified atom stereocenters. The van der Waals surface area contributed by atoms with Gasteiger partial charge in [0.2, 0.25) is 17.7 Å². The number of rotatable bonds is 15. The highest BCUT2D eigenvalue weighted by Crippen LogP contribution is 2.51. The monoisotopic (exact) mass is 2010 g/mol. The average molecular weight is 2010 g/mol. The smallest absolute Gasteiger partial charge is 0.276 e. The van der Waals surface area contributed by atoms with Crippen LogP contribution < -0.4 is 42.8 Å². The van der Waals surface area contributed by atoms with E-state index >= 15 is 4.39 Å². The number of carbonyl (C=O) groups excluding carboxylic acids is 3. The highest BCUT2D eigenvalue weighted by molar-refractivity contribution is 6.41. The van der Waals surface area contributed by atoms with Crippen molar-refractivity contribution in [3.8, 4) is 74.8 Å². The number of benzene rings is 3. The molecule has 0 spiro atoms. The van der Waals surface area contributed by atoms with Gasteiger partial charge in [-0.3, -0.25) is 57.4 Å². The van der Waals surface area contributed by atoms with Crippen molar-refractivity contribution < 1.29 is 37.1 Å². The third-order valence-corrected chi connectivity index (χ3v) is 26.9. The maximum absolute atomic E-state index is 15.5. The van der Waals surface area contributed by atoms with E-state index in [4.69, 9.17) is 126 Å². The lowest BCUT2D eigenvalue weighted by molar-refractivity contribution is -0.127. The van der Waals surface area contributed by atoms with Crippen molar-refractivity contribution in [2.45, 2.75) is 93.9 Å². The van der Waals surface area contributed by atoms with Gasteiger partial charge in [-0.1, -0.05) is 166 Å². The Kier molecular flexibility index (Phi) is 29.7. The predicted octanol–water partition coefficient (Wildman–Crippen LogP) is 19.7. The molecule has 12 heterocycles. The van der Waals surface area contributed by atoms with E-state index in [1.165, 1.54) is 38.0 Å². The number of aromatic hydroxyl groups is 1. The van der Waals surface area contributed by atoms with Crippen LogP contribution in [-0.4, -0.2) is 160 Å². The molecule has 3 aliphatic rings. The van der Waals surface area contributed by atoms with E-state index in [-0.39, 0.29) is 192 Å². The second-order valence-electron chi connectivity index (χ2n) is 32.8. The summed E-state index contributed by atoms with van der Waals surface area (Å²) >= 11 is 57.3. The number of nitrogen functional groups attached to an aromatic ring is 2. The van der Waals surface area contributed by atoms with E-state index in [0.29, 0.717) is 114 Å². The number of aromatic nitrogens is 9. The lowest BCUT2D eigenvalue weighted by Gasteiger charge is -2.36. The van der Waals surface area contributed by atoms with Gasteiger partial charge in [-0.25, -0.2) is 32.5 Å². The lowest BCUT2D eigenvalue weighted by atomic mass is 10.00. The second-order valence-corrected chi connectivity index (χ2v) is 36.3. The van der Waals surface area contributed by atoms with Crippen LogP contribution >= 0.6 is 104 Å². The third-order valence-electron chi connectivity index (χ3n) is 23.7. The van der Waals surface area contributed by atoms with Crippen molar-refractivity contribution in [1.29, 1.82) is 15.8 Å². The molecule has 3 aliphatic heterocycles. The first kappa shape index (κ1) is 99.9. The first-order valence-corrected chi connectivity index (χ1v) is 45.3. The number of amides is 3. The number of piperazine rings is 3. The summed E-state index contributed by atoms with van der Waals surface area (Å²) in [5, 5.41) is 40.0. The maximum Gasteiger partial charge on any atom is 0.276 e. The molecule has 3 aromatic carbocycles. The SMILES string of the molecule is C=CC(=O)N1CCN(c2c(C#N)c(=O)n(-c3c(C)ccnc3C(C)C)c3nc(-c4c(C)c(Cl)c(F)c(Cl)c4N)c(Cl)cc23)CC1.C=CC(=O)N1CCN(c2c(C#N)c(=O)n(-c3c(C)ccnc3C(C)C)c3nc(-c4c(C)c(Cl)c(F)c(Cl)c4N)c(Cl)cc23)CC1.C=CC(=O)N1CCN(c2c(C#N)c(=O)n(-c3c(C)ccnc3C(C)C)c3nc(-c4c(O)c(Cl)c(F)c(Cl)c4F)c(Cl)cc23)CC1. The van der Waals surface area contributed by atoms with E-state index < -0.39 is 61.3 Å². The standard InChI is InChI=1S/2C32H29Cl3FN7O2.C31H25Cl3F2N6O3/c2*1-6-21(44)41-9-11-42(12-10-41)30-18-13-20(33)28(22-17(5)23(34)25(36)24(35)26(22)38)40-31(18)43(32(45)19(30)14-37)29-16(4)7-8-39-27(29)15(2)3;1-5-19(43)40-8-10-41(11-9-40)28-16-12-18(32)26(20-23(35)21(33)24(36)22(34)29(20)44)39-30(16)42(31(45)17(28)13-37)27-15(4)6-7-38-25(27)14(2)3/h2*6-8,13,15H,1,9-12,38H2,2-5H3;5-7,12,14,44H,1,8-11H2,2-4H3. The summed E-state index contributed by atoms with van der Waals surface area (Å²) < 4.78 is 63.3. The van der Waals surface area contributed by atoms with E-state index in [2.05, 4.69) is 51.8 Å². The molecular formula is C95H83Cl9F4N20O7. The lowest BCUT2D eigenvalue weighted by Crippen LogP contribution is -2.49. The number of aryl methyl sites for hydroxylation is 3. The maximum atomic E-state index is 15.5. The van der Waals surface area contributed by atoms with Gasteiger partial charge in [0.1, 0.15) is 77.7 Å². The van der Waals surface area contributed by atoms with Crippen molar-refractivity contribution >= 4 is 184 Å². The Hall–Kier alpha value is -12.6. The number of nitriles is 3. The number of hydrogen-bond acceptors (Lipinski definition) is 21. The summed E-state index contributed by atoms with van der Waals surface area (Å²) in [6.45, 7) is 34.6. The molecule has 12 aromatic rings. The molecule has 15 rings (SSSR count). The molecule has 0 bridgehead atoms. The molecule has 0 saturated carbocycles. The van der Waals surface area contributed by atoms with Crippen LogP contribution in [0.3, 0.4) is 0 Å². The summed E-state index contributed by atoms with van der Waals surface area (Å²) in [4.78, 5) is 118. The minimum atomic E-state index is -1.37. The first-order chi connectivity index (χ1) is 64.0. The number of pyridine rings is 9. The van der Waals surface area contributed by atoms with Crippen LogP contribution in [-0.2, 0) is 14.4 Å². The molecule has 0 atom stereocenters. The van der Waals surface area contributed by atoms with Crippen molar-refractivity contribution in [3.05, 3.63) is 254 Å². The van der Waals surface area contributed by atoms with Crippen LogP contribution in [0.1, 0.15) is 121 Å². The Morgan fingerprint density at radius 3 is 0.919 bits per heavy atom. The zero-order valence-electron chi connectivity index (χ0n) is 74.3. The Morgan fingerprint density at radius 2 is 0.667 bits per heavy atom. The number of phenols is 1. The molecule has 0 aliphatic carbocycles. The van der Waals surface area contributed by atoms with Gasteiger partial charge in [0.05, 0.1) is 110 Å². The molecule has 40 heteroatoms. The minimum absolute atomic E-state index is 0.0497. The third kappa shape index (κ3) is 17.9. The van der Waals surface area contributed by atoms with Gasteiger partial charge < -0.3 is 46.0 Å². The Balaban J connectivity index is 0.000000171. The fourth-order valence-electron chi connectivity index (χ4n) is 17.0. The van der Waals surface area contributed by atoms with Crippen molar-refractivity contribution in [2.75, 3.05) is 105 Å². The van der Waals surface area contributed by atoms with Crippen LogP contribution in [0.25, 0.3) is 83.9 Å². The van der Waals surface area contributed by atoms with Crippen molar-refractivity contribution in [2.24, 2.45) is 0 Å². The van der Waals surface area contributed by atoms with Crippen molar-refractivity contribution in [3.63, 3.8) is 0 Å². The number of anilines is 5. The summed E-state index contributed by atoms with van der Waals surface area (Å²) in [5.41, 5.74) is 16.5. The van der Waals surface area contributed by atoms with E-state index in [0.717, 1.165) is 11.1 Å². The number of carbonyl (C=O) groups is 3. The minimum Gasteiger partial charge on any atom is -0.505 e. The predicted molar refractivity (Wildman–Crippen MR) is 524 cm³/mol. The van der Waals surface area contributed by atoms with E-state index in [1.807, 2.05) is 71.3 Å². The zero-order valence-corrected chi connectivity index (χ0v) is 81.1. The normalized spacial score (nSPS) is 13.4. The van der Waals surface area contributed by atoms with Gasteiger partial charge in [-0.2, -0.15) is 15.8 Å². The van der Waals surface area contributed by atoms with Crippen molar-refractivity contribution in [1.82, 2.24) is 58.3 Å². The summed E-state index contributed by atoms with van der Waals surface area (Å²) in [6.07, 6.45) is 8.63. The molecule has 5 N–H and O–H groups in total. The number of hydrogen-bond donors (Lipinski definition) is 3. The molecule has 9 aromatic heterocycles. The number of nitrogens with zero attached hydrogens (tertiary/aromatic N) is 18. The quantitative estimate of drug-likeness (QED) is 0.0282. The van der Waals surface area contributed by atoms with Gasteiger partial charge in [0.25, 0.3) is 16.7 Å². The fourth-order valence-corrected chi connectivity index (χ4v) is 19.0. The van der Waals surface area contributed by atoms with Crippen LogP contribution in [0, 0.1) is 91.9 Å². The Bertz CT molecular complexity index is 6640. The summed E-state index contributed by atoms with van der Waals surface area (Å²) in [7, 11) is 0. The molecular weight excluding hydrogens is 1930 g/mol. The van der Waals surface area contributed by atoms with Crippen LogP contribution in [0.5, 0.6) is 5.75 Å². The number of phenolic OH excluding ortho intramolecular Hbond substituents is 1. The Morgan fingerprint density at radius 1 is 0.407 bits per heavy atom. The zero-order chi connectivity index (χ0) is 98.7. The fraction of sp³-hybridized carbons (Fsp3) is 0.274. The van der Waals surface area contributed by atoms with E-state index in [1.54, 1.807) is 89.3 Å². The molecule has 3 saturated heterocycles. The second kappa shape index (κ2) is 40.1.